The summed E-state index contributed by atoms with van der Waals surface area (Å²) in [5.41, 5.74) is 0.271. The molecule has 0 unspecified atom stereocenters. The molecular formula is C14H16ClNO2. The molecule has 0 aromatic heterocycles. The van der Waals surface area contributed by atoms with Gasteiger partial charge in [0.2, 0.25) is 0 Å². The summed E-state index contributed by atoms with van der Waals surface area (Å²) in [6.07, 6.45) is 5.37. The summed E-state index contributed by atoms with van der Waals surface area (Å²) >= 11 is 5.91. The molecule has 3 nitrogen and oxygen atoms in total. The lowest BCUT2D eigenvalue weighted by Gasteiger charge is -2.22. The van der Waals surface area contributed by atoms with Gasteiger partial charge in [0, 0.05) is 11.6 Å². The predicted octanol–water partition coefficient (Wildman–Crippen LogP) is 2.97. The van der Waals surface area contributed by atoms with Gasteiger partial charge in [0.15, 0.2) is 0 Å². The second-order valence-electron chi connectivity index (χ2n) is 4.62. The Labute approximate surface area is 112 Å². The molecule has 0 heterocycles. The summed E-state index contributed by atoms with van der Waals surface area (Å²) in [6.45, 7) is 0. The minimum Gasteiger partial charge on any atom is -0.346 e. The molecule has 1 aromatic carbocycles. The van der Waals surface area contributed by atoms with E-state index in [4.69, 9.17) is 11.6 Å². The van der Waals surface area contributed by atoms with Crippen LogP contribution in [0.15, 0.2) is 24.3 Å². The van der Waals surface area contributed by atoms with E-state index in [0.29, 0.717) is 5.02 Å². The van der Waals surface area contributed by atoms with Crippen LogP contribution in [0.2, 0.25) is 5.02 Å². The fourth-order valence-electron chi connectivity index (χ4n) is 2.27. The van der Waals surface area contributed by atoms with Crippen LogP contribution in [0, 0.1) is 0 Å². The van der Waals surface area contributed by atoms with Crippen molar-refractivity contribution in [2.75, 3.05) is 0 Å². The number of nitrogens with one attached hydrogen (secondary N) is 1. The van der Waals surface area contributed by atoms with Gasteiger partial charge in [0.25, 0.3) is 11.7 Å². The van der Waals surface area contributed by atoms with Crippen LogP contribution in [0.3, 0.4) is 0 Å². The van der Waals surface area contributed by atoms with E-state index < -0.39 is 11.7 Å². The summed E-state index contributed by atoms with van der Waals surface area (Å²) in [7, 11) is 0. The quantitative estimate of drug-likeness (QED) is 0.675. The smallest absolute Gasteiger partial charge is 0.292 e. The van der Waals surface area contributed by atoms with E-state index in [-0.39, 0.29) is 11.6 Å². The highest BCUT2D eigenvalue weighted by atomic mass is 35.5. The van der Waals surface area contributed by atoms with E-state index in [1.165, 1.54) is 6.42 Å². The molecule has 0 radical (unpaired) electrons. The number of halogens is 1. The third-order valence-electron chi connectivity index (χ3n) is 3.27. The van der Waals surface area contributed by atoms with Crippen molar-refractivity contribution in [3.63, 3.8) is 0 Å². The summed E-state index contributed by atoms with van der Waals surface area (Å²) in [6, 6.07) is 6.76. The van der Waals surface area contributed by atoms with Crippen LogP contribution >= 0.6 is 11.6 Å². The molecule has 18 heavy (non-hydrogen) atoms. The Morgan fingerprint density at radius 1 is 1.11 bits per heavy atom. The molecule has 0 atom stereocenters. The van der Waals surface area contributed by atoms with E-state index in [2.05, 4.69) is 5.32 Å². The Kier molecular flexibility index (Phi) is 4.37. The van der Waals surface area contributed by atoms with Crippen molar-refractivity contribution in [3.8, 4) is 0 Å². The monoisotopic (exact) mass is 265 g/mol. The van der Waals surface area contributed by atoms with E-state index in [9.17, 15) is 9.59 Å². The number of ketones is 1. The van der Waals surface area contributed by atoms with Crippen LogP contribution in [0.1, 0.15) is 42.5 Å². The molecule has 0 bridgehead atoms. The molecule has 0 spiro atoms. The van der Waals surface area contributed by atoms with Gasteiger partial charge in [-0.1, -0.05) is 43.0 Å². The number of hydrogen-bond acceptors (Lipinski definition) is 2. The lowest BCUT2D eigenvalue weighted by molar-refractivity contribution is -0.117. The molecule has 1 aliphatic carbocycles. The number of hydrogen-bond donors (Lipinski definition) is 1. The van der Waals surface area contributed by atoms with Gasteiger partial charge in [-0.15, -0.1) is 0 Å². The molecule has 0 aliphatic heterocycles. The molecule has 1 amide bonds. The first kappa shape index (κ1) is 13.1. The molecule has 0 saturated heterocycles. The van der Waals surface area contributed by atoms with Gasteiger partial charge < -0.3 is 5.32 Å². The Balaban J connectivity index is 2.00. The minimum absolute atomic E-state index is 0.137. The van der Waals surface area contributed by atoms with Crippen molar-refractivity contribution < 1.29 is 9.59 Å². The number of carbonyl (C=O) groups is 2. The Hall–Kier alpha value is -1.35. The highest BCUT2D eigenvalue weighted by molar-refractivity contribution is 6.47. The van der Waals surface area contributed by atoms with Crippen molar-refractivity contribution >= 4 is 23.3 Å². The Morgan fingerprint density at radius 3 is 2.44 bits per heavy atom. The maximum atomic E-state index is 11.9. The summed E-state index contributed by atoms with van der Waals surface area (Å²) in [5.74, 6) is -1.10. The van der Waals surface area contributed by atoms with E-state index in [1.54, 1.807) is 24.3 Å². The fraction of sp³-hybridized carbons (Fsp3) is 0.429. The molecule has 1 aromatic rings. The number of amides is 1. The van der Waals surface area contributed by atoms with Crippen LogP contribution in [0.5, 0.6) is 0 Å². The van der Waals surface area contributed by atoms with Gasteiger partial charge >= 0.3 is 0 Å². The van der Waals surface area contributed by atoms with Crippen LogP contribution in [-0.4, -0.2) is 17.7 Å². The van der Waals surface area contributed by atoms with Crippen molar-refractivity contribution in [3.05, 3.63) is 34.9 Å². The molecule has 96 valence electrons. The van der Waals surface area contributed by atoms with Crippen molar-refractivity contribution in [2.45, 2.75) is 38.1 Å². The van der Waals surface area contributed by atoms with Gasteiger partial charge in [-0.05, 0) is 25.0 Å². The average molecular weight is 266 g/mol. The molecule has 1 aliphatic rings. The maximum Gasteiger partial charge on any atom is 0.292 e. The second-order valence-corrected chi connectivity index (χ2v) is 5.02. The second kappa shape index (κ2) is 6.01. The lowest BCUT2D eigenvalue weighted by Crippen LogP contribution is -2.40. The van der Waals surface area contributed by atoms with E-state index in [1.807, 2.05) is 0 Å². The fourth-order valence-corrected chi connectivity index (χ4v) is 2.49. The average Bonchev–Trinajstić information content (AvgIpc) is 2.39. The third-order valence-corrected chi connectivity index (χ3v) is 3.59. The largest absolute Gasteiger partial charge is 0.346 e. The number of Topliss-reactive ketones (excluding diaryl/α,β-unsaturated/α-hetero) is 1. The summed E-state index contributed by atoms with van der Waals surface area (Å²) in [5, 5.41) is 3.12. The van der Waals surface area contributed by atoms with Crippen molar-refractivity contribution in [2.24, 2.45) is 0 Å². The van der Waals surface area contributed by atoms with Crippen LogP contribution < -0.4 is 5.32 Å². The van der Waals surface area contributed by atoms with Crippen LogP contribution in [0.25, 0.3) is 0 Å². The molecule has 1 saturated carbocycles. The standard InChI is InChI=1S/C14H16ClNO2/c15-12-9-5-4-8-11(12)13(17)14(18)16-10-6-2-1-3-7-10/h4-5,8-10H,1-3,6-7H2,(H,16,18). The highest BCUT2D eigenvalue weighted by Crippen LogP contribution is 2.19. The number of benzene rings is 1. The third kappa shape index (κ3) is 3.10. The zero-order valence-electron chi connectivity index (χ0n) is 10.1. The topological polar surface area (TPSA) is 46.2 Å². The van der Waals surface area contributed by atoms with Crippen LogP contribution in [0.4, 0.5) is 0 Å². The van der Waals surface area contributed by atoms with Crippen molar-refractivity contribution in [1.29, 1.82) is 0 Å². The predicted molar refractivity (Wildman–Crippen MR) is 70.8 cm³/mol. The number of rotatable bonds is 3. The first-order valence-electron chi connectivity index (χ1n) is 6.28. The molecule has 4 heteroatoms. The Bertz CT molecular complexity index is 453. The zero-order valence-corrected chi connectivity index (χ0v) is 10.9. The SMILES string of the molecule is O=C(NC1CCCCC1)C(=O)c1ccccc1Cl. The minimum atomic E-state index is -0.550. The van der Waals surface area contributed by atoms with Gasteiger partial charge in [0.1, 0.15) is 0 Å². The van der Waals surface area contributed by atoms with E-state index >= 15 is 0 Å². The highest BCUT2D eigenvalue weighted by Gasteiger charge is 2.22. The van der Waals surface area contributed by atoms with Gasteiger partial charge in [-0.3, -0.25) is 9.59 Å². The molecule has 2 rings (SSSR count). The first-order chi connectivity index (χ1) is 8.68. The first-order valence-corrected chi connectivity index (χ1v) is 6.66. The van der Waals surface area contributed by atoms with Gasteiger partial charge in [-0.25, -0.2) is 0 Å². The maximum absolute atomic E-state index is 11.9. The van der Waals surface area contributed by atoms with E-state index in [0.717, 1.165) is 25.7 Å². The van der Waals surface area contributed by atoms with Crippen LogP contribution in [-0.2, 0) is 4.79 Å². The number of carbonyl (C=O) groups excluding carboxylic acids is 2. The molecular weight excluding hydrogens is 250 g/mol. The molecule has 1 fully saturated rings. The summed E-state index contributed by atoms with van der Waals surface area (Å²) < 4.78 is 0. The van der Waals surface area contributed by atoms with Gasteiger partial charge in [0.05, 0.1) is 5.02 Å². The lowest BCUT2D eigenvalue weighted by atomic mass is 9.95. The normalized spacial score (nSPS) is 16.3. The summed E-state index contributed by atoms with van der Waals surface area (Å²) in [4.78, 5) is 23.8. The zero-order chi connectivity index (χ0) is 13.0. The Morgan fingerprint density at radius 2 is 1.78 bits per heavy atom. The van der Waals surface area contributed by atoms with Crippen molar-refractivity contribution in [1.82, 2.24) is 5.32 Å². The van der Waals surface area contributed by atoms with Gasteiger partial charge in [-0.2, -0.15) is 0 Å². The molecule has 1 N–H and O–H groups in total.